The molecule has 202 valence electrons. The van der Waals surface area contributed by atoms with Crippen molar-refractivity contribution in [2.75, 3.05) is 0 Å². The van der Waals surface area contributed by atoms with Crippen molar-refractivity contribution in [1.82, 2.24) is 21.3 Å². The molecule has 0 saturated carbocycles. The first kappa shape index (κ1) is 32.3. The Bertz CT molecular complexity index is 740. The molecule has 7 N–H and O–H groups in total. The fraction of sp³-hybridized carbons (Fsp3) is 0.792. The van der Waals surface area contributed by atoms with Gasteiger partial charge in [0, 0.05) is 0 Å². The van der Waals surface area contributed by atoms with Crippen LogP contribution in [0.1, 0.15) is 74.7 Å². The molecule has 0 aliphatic heterocycles. The maximum Gasteiger partial charge on any atom is 0.326 e. The summed E-state index contributed by atoms with van der Waals surface area (Å²) < 4.78 is 0. The minimum Gasteiger partial charge on any atom is -0.480 e. The lowest BCUT2D eigenvalue weighted by molar-refractivity contribution is -0.142. The average Bonchev–Trinajstić information content (AvgIpc) is 2.70. The molecule has 0 aromatic rings. The van der Waals surface area contributed by atoms with Gasteiger partial charge in [-0.05, 0) is 50.9 Å². The minimum atomic E-state index is -1.15. The molecule has 0 aliphatic carbocycles. The first-order chi connectivity index (χ1) is 16.0. The number of carbonyl (C=O) groups excluding carboxylic acids is 4. The van der Waals surface area contributed by atoms with Gasteiger partial charge in [-0.15, -0.1) is 0 Å². The predicted octanol–water partition coefficient (Wildman–Crippen LogP) is 0.516. The molecule has 0 bridgehead atoms. The Morgan fingerprint density at radius 3 is 1.34 bits per heavy atom. The third-order valence-electron chi connectivity index (χ3n) is 5.23. The van der Waals surface area contributed by atoms with E-state index in [1.165, 1.54) is 13.8 Å². The molecule has 11 heteroatoms. The van der Waals surface area contributed by atoms with Crippen molar-refractivity contribution in [1.29, 1.82) is 0 Å². The zero-order chi connectivity index (χ0) is 27.5. The Morgan fingerprint density at radius 1 is 0.571 bits per heavy atom. The van der Waals surface area contributed by atoms with E-state index in [0.717, 1.165) is 0 Å². The summed E-state index contributed by atoms with van der Waals surface area (Å²) in [7, 11) is 0. The number of nitrogens with two attached hydrogens (primary N) is 1. The Kier molecular flexibility index (Phi) is 14.2. The molecule has 0 unspecified atom stereocenters. The highest BCUT2D eigenvalue weighted by atomic mass is 16.4. The van der Waals surface area contributed by atoms with Crippen LogP contribution in [0, 0.1) is 17.8 Å². The summed E-state index contributed by atoms with van der Waals surface area (Å²) in [6.07, 6.45) is 1.02. The SMILES string of the molecule is CC(C)C[C@H](NC(=O)[C@H](C)NC(=O)[C@H](CC(C)C)NC(=O)[C@H](C)NC(=O)[C@@H](N)CC(C)C)C(=O)O. The second-order valence-electron chi connectivity index (χ2n) is 10.4. The number of nitrogens with one attached hydrogen (secondary N) is 4. The van der Waals surface area contributed by atoms with Crippen LogP contribution in [0.15, 0.2) is 0 Å². The Hall–Kier alpha value is -2.69. The maximum atomic E-state index is 12.9. The lowest BCUT2D eigenvalue weighted by atomic mass is 10.0. The molecular weight excluding hydrogens is 454 g/mol. The van der Waals surface area contributed by atoms with Crippen molar-refractivity contribution < 1.29 is 29.1 Å². The van der Waals surface area contributed by atoms with E-state index >= 15 is 0 Å². The first-order valence-corrected chi connectivity index (χ1v) is 12.2. The Labute approximate surface area is 208 Å². The highest BCUT2D eigenvalue weighted by Gasteiger charge is 2.29. The summed E-state index contributed by atoms with van der Waals surface area (Å²) in [5, 5.41) is 19.5. The van der Waals surface area contributed by atoms with Gasteiger partial charge in [0.15, 0.2) is 0 Å². The summed E-state index contributed by atoms with van der Waals surface area (Å²) >= 11 is 0. The van der Waals surface area contributed by atoms with E-state index in [0.29, 0.717) is 12.8 Å². The van der Waals surface area contributed by atoms with Gasteiger partial charge in [-0.3, -0.25) is 19.2 Å². The molecule has 35 heavy (non-hydrogen) atoms. The number of carboxylic acids is 1. The Balaban J connectivity index is 5.15. The smallest absolute Gasteiger partial charge is 0.326 e. The molecule has 0 heterocycles. The van der Waals surface area contributed by atoms with E-state index in [2.05, 4.69) is 21.3 Å². The van der Waals surface area contributed by atoms with Gasteiger partial charge in [0.05, 0.1) is 6.04 Å². The molecule has 0 fully saturated rings. The highest BCUT2D eigenvalue weighted by Crippen LogP contribution is 2.08. The monoisotopic (exact) mass is 499 g/mol. The molecule has 0 aromatic carbocycles. The normalized spacial score (nSPS) is 15.7. The average molecular weight is 500 g/mol. The summed E-state index contributed by atoms with van der Waals surface area (Å²) in [4.78, 5) is 61.7. The third-order valence-corrected chi connectivity index (χ3v) is 5.23. The predicted molar refractivity (Wildman–Crippen MR) is 133 cm³/mol. The first-order valence-electron chi connectivity index (χ1n) is 12.2. The summed E-state index contributed by atoms with van der Waals surface area (Å²) in [6, 6.07) is -4.71. The lowest BCUT2D eigenvalue weighted by Crippen LogP contribution is -2.57. The molecule has 0 aliphatic rings. The van der Waals surface area contributed by atoms with Crippen molar-refractivity contribution in [3.63, 3.8) is 0 Å². The molecule has 0 radical (unpaired) electrons. The topological polar surface area (TPSA) is 180 Å². The van der Waals surface area contributed by atoms with Crippen LogP contribution >= 0.6 is 0 Å². The van der Waals surface area contributed by atoms with E-state index in [-0.39, 0.29) is 24.2 Å². The van der Waals surface area contributed by atoms with Gasteiger partial charge < -0.3 is 32.1 Å². The van der Waals surface area contributed by atoms with E-state index in [1.807, 2.05) is 41.5 Å². The fourth-order valence-electron chi connectivity index (χ4n) is 3.37. The fourth-order valence-corrected chi connectivity index (χ4v) is 3.37. The van der Waals surface area contributed by atoms with E-state index in [1.54, 1.807) is 0 Å². The van der Waals surface area contributed by atoms with Crippen LogP contribution in [0.5, 0.6) is 0 Å². The van der Waals surface area contributed by atoms with Gasteiger partial charge in [0.25, 0.3) is 0 Å². The number of rotatable bonds is 15. The van der Waals surface area contributed by atoms with E-state index < -0.39 is 59.8 Å². The van der Waals surface area contributed by atoms with Crippen molar-refractivity contribution in [2.24, 2.45) is 23.5 Å². The van der Waals surface area contributed by atoms with Crippen molar-refractivity contribution in [3.05, 3.63) is 0 Å². The largest absolute Gasteiger partial charge is 0.480 e. The molecule has 11 nitrogen and oxygen atoms in total. The molecule has 0 saturated heterocycles. The molecule has 4 amide bonds. The number of aliphatic carboxylic acids is 1. The highest BCUT2D eigenvalue weighted by molar-refractivity contribution is 5.95. The number of amides is 4. The van der Waals surface area contributed by atoms with Gasteiger partial charge in [0.2, 0.25) is 23.6 Å². The van der Waals surface area contributed by atoms with Crippen molar-refractivity contribution in [3.8, 4) is 0 Å². The summed E-state index contributed by atoms with van der Waals surface area (Å²) in [5.74, 6) is -3.08. The molecule has 0 aromatic heterocycles. The van der Waals surface area contributed by atoms with Gasteiger partial charge in [-0.2, -0.15) is 0 Å². The van der Waals surface area contributed by atoms with Crippen LogP contribution in [0.4, 0.5) is 0 Å². The number of hydrogen-bond donors (Lipinski definition) is 6. The quantitative estimate of drug-likeness (QED) is 0.190. The number of carbonyl (C=O) groups is 5. The third kappa shape index (κ3) is 13.1. The van der Waals surface area contributed by atoms with Crippen LogP contribution < -0.4 is 27.0 Å². The summed E-state index contributed by atoms with van der Waals surface area (Å²) in [5.41, 5.74) is 5.86. The molecule has 5 atom stereocenters. The van der Waals surface area contributed by atoms with Crippen LogP contribution in [0.25, 0.3) is 0 Å². The second kappa shape index (κ2) is 15.3. The number of hydrogen-bond acceptors (Lipinski definition) is 6. The Morgan fingerprint density at radius 2 is 0.943 bits per heavy atom. The minimum absolute atomic E-state index is 0.0435. The van der Waals surface area contributed by atoms with Crippen LogP contribution in [0.3, 0.4) is 0 Å². The van der Waals surface area contributed by atoms with Crippen molar-refractivity contribution >= 4 is 29.6 Å². The van der Waals surface area contributed by atoms with Crippen LogP contribution in [-0.4, -0.2) is 64.9 Å². The maximum absolute atomic E-state index is 12.9. The van der Waals surface area contributed by atoms with E-state index in [4.69, 9.17) is 5.73 Å². The standard InChI is InChI=1S/C24H45N5O6/c1-12(2)9-17(25)22(32)26-15(7)20(30)28-18(10-13(3)4)23(33)27-16(8)21(31)29-19(24(34)35)11-14(5)6/h12-19H,9-11,25H2,1-8H3,(H,26,32)(H,27,33)(H,28,30)(H,29,31)(H,34,35)/t15-,16-,17-,18-,19-/m0/s1. The molecular formula is C24H45N5O6. The van der Waals surface area contributed by atoms with Crippen LogP contribution in [-0.2, 0) is 24.0 Å². The molecule has 0 rings (SSSR count). The second-order valence-corrected chi connectivity index (χ2v) is 10.4. The van der Waals surface area contributed by atoms with Gasteiger partial charge in [-0.1, -0.05) is 41.5 Å². The lowest BCUT2D eigenvalue weighted by Gasteiger charge is -2.25. The zero-order valence-corrected chi connectivity index (χ0v) is 22.3. The van der Waals surface area contributed by atoms with E-state index in [9.17, 15) is 29.1 Å². The van der Waals surface area contributed by atoms with Gasteiger partial charge in [0.1, 0.15) is 24.2 Å². The number of carboxylic acid groups (broad SMARTS) is 1. The van der Waals surface area contributed by atoms with Gasteiger partial charge >= 0.3 is 5.97 Å². The van der Waals surface area contributed by atoms with Crippen molar-refractivity contribution in [2.45, 2.75) is 105 Å². The summed E-state index contributed by atoms with van der Waals surface area (Å²) in [6.45, 7) is 14.2. The van der Waals surface area contributed by atoms with Gasteiger partial charge in [-0.25, -0.2) is 4.79 Å². The van der Waals surface area contributed by atoms with Crippen LogP contribution in [0.2, 0.25) is 0 Å². The molecule has 0 spiro atoms. The zero-order valence-electron chi connectivity index (χ0n) is 22.3.